The van der Waals surface area contributed by atoms with E-state index in [0.717, 1.165) is 16.7 Å². The first-order chi connectivity index (χ1) is 17.0. The van der Waals surface area contributed by atoms with Crippen LogP contribution in [0.3, 0.4) is 0 Å². The second kappa shape index (κ2) is 9.24. The summed E-state index contributed by atoms with van der Waals surface area (Å²) in [5, 5.41) is 0.592. The van der Waals surface area contributed by atoms with Crippen molar-refractivity contribution in [1.29, 1.82) is 0 Å². The summed E-state index contributed by atoms with van der Waals surface area (Å²) >= 11 is 6.65. The van der Waals surface area contributed by atoms with Crippen molar-refractivity contribution in [3.8, 4) is 11.1 Å². The minimum absolute atomic E-state index is 0.166. The molecule has 1 aromatic carbocycles. The first-order valence-electron chi connectivity index (χ1n) is 11.6. The van der Waals surface area contributed by atoms with Crippen molar-refractivity contribution in [1.82, 2.24) is 14.0 Å². The van der Waals surface area contributed by atoms with Crippen LogP contribution in [0.5, 0.6) is 0 Å². The van der Waals surface area contributed by atoms with E-state index in [1.807, 2.05) is 24.3 Å². The third-order valence-corrected chi connectivity index (χ3v) is 9.41. The van der Waals surface area contributed by atoms with Crippen molar-refractivity contribution in [3.05, 3.63) is 70.8 Å². The van der Waals surface area contributed by atoms with E-state index in [4.69, 9.17) is 11.6 Å². The first kappa shape index (κ1) is 25.4. The van der Waals surface area contributed by atoms with Crippen molar-refractivity contribution in [2.75, 3.05) is 13.1 Å². The molecule has 192 valence electrons. The molecule has 1 N–H and O–H groups in total. The molecule has 2 bridgehead atoms. The maximum Gasteiger partial charge on any atom is 0.402 e. The fraction of sp³-hybridized carbons (Fsp3) is 0.400. The van der Waals surface area contributed by atoms with Crippen molar-refractivity contribution in [3.63, 3.8) is 0 Å². The van der Waals surface area contributed by atoms with Crippen molar-refractivity contribution in [2.45, 2.75) is 37.4 Å². The van der Waals surface area contributed by atoms with Gasteiger partial charge in [0.15, 0.2) is 0 Å². The average molecular weight is 542 g/mol. The molecular formula is C25H24ClF4N3O2S. The van der Waals surface area contributed by atoms with Crippen molar-refractivity contribution >= 4 is 27.9 Å². The predicted molar refractivity (Wildman–Crippen MR) is 129 cm³/mol. The highest BCUT2D eigenvalue weighted by molar-refractivity contribution is 7.87. The number of aromatic nitrogens is 1. The highest BCUT2D eigenvalue weighted by Gasteiger charge is 2.60. The number of halogens is 5. The van der Waals surface area contributed by atoms with Crippen molar-refractivity contribution in [2.24, 2.45) is 11.8 Å². The molecule has 36 heavy (non-hydrogen) atoms. The van der Waals surface area contributed by atoms with Crippen LogP contribution >= 0.6 is 11.6 Å². The molecular weight excluding hydrogens is 518 g/mol. The second-order valence-corrected chi connectivity index (χ2v) is 11.8. The number of hydrogen-bond donors (Lipinski definition) is 1. The Kier molecular flexibility index (Phi) is 6.51. The molecule has 1 aliphatic heterocycles. The molecule has 0 amide bonds. The quantitative estimate of drug-likeness (QED) is 0.508. The van der Waals surface area contributed by atoms with Crippen LogP contribution in [0.1, 0.15) is 31.4 Å². The van der Waals surface area contributed by atoms with Crippen LogP contribution < -0.4 is 4.72 Å². The van der Waals surface area contributed by atoms with Gasteiger partial charge in [0.2, 0.25) is 0 Å². The summed E-state index contributed by atoms with van der Waals surface area (Å²) in [6.07, 6.45) is 3.01. The van der Waals surface area contributed by atoms with Crippen LogP contribution in [0.4, 0.5) is 17.6 Å². The molecule has 1 saturated heterocycles. The first-order valence-corrected chi connectivity index (χ1v) is 13.4. The normalized spacial score (nSPS) is 28.4. The predicted octanol–water partition coefficient (Wildman–Crippen LogP) is 5.66. The summed E-state index contributed by atoms with van der Waals surface area (Å²) in [5.41, 5.74) is 2.24. The highest BCUT2D eigenvalue weighted by Crippen LogP contribution is 2.53. The monoisotopic (exact) mass is 541 g/mol. The molecule has 5 nitrogen and oxygen atoms in total. The lowest BCUT2D eigenvalue weighted by Gasteiger charge is -2.34. The summed E-state index contributed by atoms with van der Waals surface area (Å²) in [6, 6.07) is 9.83. The van der Waals surface area contributed by atoms with Crippen LogP contribution in [0, 0.1) is 17.7 Å². The van der Waals surface area contributed by atoms with Gasteiger partial charge in [-0.25, -0.2) is 4.39 Å². The molecule has 2 aromatic rings. The van der Waals surface area contributed by atoms with E-state index in [1.54, 1.807) is 18.3 Å². The van der Waals surface area contributed by atoms with Crippen LogP contribution in [0.2, 0.25) is 0 Å². The van der Waals surface area contributed by atoms with E-state index >= 15 is 0 Å². The third kappa shape index (κ3) is 4.96. The maximum absolute atomic E-state index is 13.2. The number of allylic oxidation sites excluding steroid dienone is 3. The van der Waals surface area contributed by atoms with E-state index in [0.29, 0.717) is 40.7 Å². The molecule has 2 unspecified atom stereocenters. The fourth-order valence-corrected chi connectivity index (χ4v) is 7.72. The Hall–Kier alpha value is -2.27. The Labute approximate surface area is 212 Å². The minimum Gasteiger partial charge on any atom is -0.256 e. The lowest BCUT2D eigenvalue weighted by Crippen LogP contribution is -2.51. The largest absolute Gasteiger partial charge is 0.402 e. The number of nitrogens with one attached hydrogen (secondary N) is 1. The summed E-state index contributed by atoms with van der Waals surface area (Å²) < 4.78 is 80.5. The van der Waals surface area contributed by atoms with Gasteiger partial charge in [-0.3, -0.25) is 4.98 Å². The number of rotatable bonds is 4. The Bertz CT molecular complexity index is 1310. The second-order valence-electron chi connectivity index (χ2n) is 9.65. The zero-order valence-corrected chi connectivity index (χ0v) is 20.7. The van der Waals surface area contributed by atoms with E-state index < -0.39 is 28.5 Å². The zero-order valence-electron chi connectivity index (χ0n) is 19.1. The highest BCUT2D eigenvalue weighted by atomic mass is 35.5. The topological polar surface area (TPSA) is 62.3 Å². The number of alkyl halides is 3. The zero-order chi connectivity index (χ0) is 25.7. The number of pyridine rings is 1. The van der Waals surface area contributed by atoms with Gasteiger partial charge in [-0.15, -0.1) is 0 Å². The van der Waals surface area contributed by atoms with Gasteiger partial charge in [0.1, 0.15) is 12.4 Å². The molecule has 2 aliphatic carbocycles. The van der Waals surface area contributed by atoms with Crippen LogP contribution in [-0.2, 0) is 10.2 Å². The molecule has 1 aromatic heterocycles. The van der Waals surface area contributed by atoms with Gasteiger partial charge in [0, 0.05) is 23.3 Å². The van der Waals surface area contributed by atoms with Gasteiger partial charge in [-0.1, -0.05) is 35.9 Å². The average Bonchev–Trinajstić information content (AvgIpc) is 3.21. The van der Waals surface area contributed by atoms with E-state index in [2.05, 4.69) is 9.71 Å². The maximum atomic E-state index is 13.2. The summed E-state index contributed by atoms with van der Waals surface area (Å²) in [6.45, 7) is -1.71. The smallest absolute Gasteiger partial charge is 0.256 e. The summed E-state index contributed by atoms with van der Waals surface area (Å²) in [7, 11) is -4.24. The van der Waals surface area contributed by atoms with E-state index in [1.165, 1.54) is 12.1 Å². The van der Waals surface area contributed by atoms with Gasteiger partial charge in [-0.2, -0.15) is 30.6 Å². The molecule has 3 atom stereocenters. The van der Waals surface area contributed by atoms with Gasteiger partial charge in [-0.05, 0) is 72.9 Å². The summed E-state index contributed by atoms with van der Waals surface area (Å²) in [4.78, 5) is 4.44. The van der Waals surface area contributed by atoms with E-state index in [-0.39, 0.29) is 24.2 Å². The van der Waals surface area contributed by atoms with Gasteiger partial charge in [0.05, 0.1) is 11.2 Å². The molecule has 5 rings (SSSR count). The number of benzene rings is 1. The lowest BCUT2D eigenvalue weighted by molar-refractivity contribution is -0.136. The van der Waals surface area contributed by atoms with Crippen LogP contribution in [0.15, 0.2) is 59.3 Å². The fourth-order valence-electron chi connectivity index (χ4n) is 5.68. The van der Waals surface area contributed by atoms with E-state index in [9.17, 15) is 26.0 Å². The molecule has 2 heterocycles. The molecule has 1 saturated carbocycles. The van der Waals surface area contributed by atoms with Gasteiger partial charge < -0.3 is 0 Å². The standard InChI is InChI=1S/C25H24ClF4N3O2S/c26-23-12-20-6-5-19(24(20)14-33(15-25(28,29)30)36(34,35)32-24)11-17(23)3-9-22-10-4-18(13-31-22)16-1-7-21(27)8-2-16/h1-4,7-10,13,19-20,32H,5-6,11-12,14-15H2/b9-3+/t19?,20-,24?/m1/s1. The third-order valence-electron chi connectivity index (χ3n) is 7.43. The Morgan fingerprint density at radius 3 is 2.36 bits per heavy atom. The lowest BCUT2D eigenvalue weighted by atomic mass is 9.79. The SMILES string of the molecule is O=S1(=O)NC2(CN1CC(F)(F)F)C1CC[C@@H]2CC(Cl)=C(/C=C/c2ccc(-c3ccc(F)cc3)cn2)C1. The van der Waals surface area contributed by atoms with Crippen LogP contribution in [0.25, 0.3) is 17.2 Å². The summed E-state index contributed by atoms with van der Waals surface area (Å²) in [5.74, 6) is -0.656. The molecule has 3 aliphatic rings. The molecule has 2 fully saturated rings. The van der Waals surface area contributed by atoms with Crippen molar-refractivity contribution < 1.29 is 26.0 Å². The Morgan fingerprint density at radius 2 is 1.72 bits per heavy atom. The molecule has 11 heteroatoms. The Morgan fingerprint density at radius 1 is 1.06 bits per heavy atom. The number of hydrogen-bond acceptors (Lipinski definition) is 3. The number of nitrogens with zero attached hydrogens (tertiary/aromatic N) is 2. The Balaban J connectivity index is 1.34. The van der Waals surface area contributed by atoms with Gasteiger partial charge in [0.25, 0.3) is 10.2 Å². The molecule has 1 spiro atoms. The minimum atomic E-state index is -4.62. The van der Waals surface area contributed by atoms with Gasteiger partial charge >= 0.3 is 6.18 Å². The van der Waals surface area contributed by atoms with Crippen LogP contribution in [-0.4, -0.2) is 42.5 Å². The molecule has 0 radical (unpaired) electrons.